The average molecular weight is 395 g/mol. The number of benzene rings is 3. The van der Waals surface area contributed by atoms with Gasteiger partial charge >= 0.3 is 0 Å². The summed E-state index contributed by atoms with van der Waals surface area (Å²) in [6, 6.07) is 22.7. The highest BCUT2D eigenvalue weighted by Crippen LogP contribution is 2.43. The Kier molecular flexibility index (Phi) is 3.99. The number of allylic oxidation sites excluding steroid dienone is 1. The number of rotatable bonds is 3. The van der Waals surface area contributed by atoms with E-state index in [0.717, 1.165) is 29.0 Å². The number of ketones is 1. The topological polar surface area (TPSA) is 38.8 Å². The van der Waals surface area contributed by atoms with Gasteiger partial charge in [0.1, 0.15) is 18.2 Å². The first-order chi connectivity index (χ1) is 14.8. The fraction of sp³-hybridized carbons (Fsp3) is 0.192. The summed E-state index contributed by atoms with van der Waals surface area (Å²) in [6.45, 7) is 1.39. The zero-order valence-electron chi connectivity index (χ0n) is 16.5. The first kappa shape index (κ1) is 17.5. The fourth-order valence-corrected chi connectivity index (χ4v) is 4.20. The van der Waals surface area contributed by atoms with E-state index in [2.05, 4.69) is 29.2 Å². The Balaban J connectivity index is 1.29. The van der Waals surface area contributed by atoms with E-state index in [-0.39, 0.29) is 5.78 Å². The number of Topliss-reactive ketones (excluding diaryl/α,β-unsaturated/α-hetero) is 1. The molecule has 0 bridgehead atoms. The van der Waals surface area contributed by atoms with E-state index < -0.39 is 0 Å². The Bertz CT molecular complexity index is 1160. The molecule has 3 aromatic rings. The van der Waals surface area contributed by atoms with Crippen LogP contribution < -0.4 is 9.47 Å². The maximum absolute atomic E-state index is 13.0. The van der Waals surface area contributed by atoms with E-state index in [1.807, 2.05) is 48.5 Å². The van der Waals surface area contributed by atoms with E-state index in [1.54, 1.807) is 0 Å². The van der Waals surface area contributed by atoms with Crippen LogP contribution in [0.4, 0.5) is 0 Å². The van der Waals surface area contributed by atoms with Gasteiger partial charge in [0.05, 0.1) is 11.1 Å². The molecule has 4 nitrogen and oxygen atoms in total. The smallest absolute Gasteiger partial charge is 0.231 e. The van der Waals surface area contributed by atoms with Crippen LogP contribution in [-0.4, -0.2) is 23.5 Å². The van der Waals surface area contributed by atoms with Crippen molar-refractivity contribution >= 4 is 11.9 Å². The number of nitrogens with zero attached hydrogens (tertiary/aromatic N) is 1. The van der Waals surface area contributed by atoms with Crippen molar-refractivity contribution in [2.45, 2.75) is 25.4 Å². The predicted octanol–water partition coefficient (Wildman–Crippen LogP) is 5.28. The molecular formula is C26H21NO3. The summed E-state index contributed by atoms with van der Waals surface area (Å²) in [5.74, 6) is 1.79. The maximum Gasteiger partial charge on any atom is 0.231 e. The second kappa shape index (κ2) is 6.85. The van der Waals surface area contributed by atoms with Gasteiger partial charge in [0, 0.05) is 12.6 Å². The second-order valence-corrected chi connectivity index (χ2v) is 8.10. The van der Waals surface area contributed by atoms with Crippen molar-refractivity contribution in [2.75, 3.05) is 6.73 Å². The van der Waals surface area contributed by atoms with Crippen molar-refractivity contribution in [1.82, 2.24) is 4.90 Å². The number of fused-ring (bicyclic) bond motifs is 3. The van der Waals surface area contributed by atoms with Gasteiger partial charge < -0.3 is 9.47 Å². The second-order valence-electron chi connectivity index (χ2n) is 8.10. The molecule has 0 unspecified atom stereocenters. The lowest BCUT2D eigenvalue weighted by molar-refractivity contribution is 0.0868. The lowest BCUT2D eigenvalue weighted by Crippen LogP contribution is -2.33. The summed E-state index contributed by atoms with van der Waals surface area (Å²) in [7, 11) is 0. The van der Waals surface area contributed by atoms with Gasteiger partial charge in [-0.25, -0.2) is 0 Å². The molecule has 0 radical (unpaired) electrons. The highest BCUT2D eigenvalue weighted by Gasteiger charge is 2.37. The molecule has 1 saturated carbocycles. The highest BCUT2D eigenvalue weighted by atomic mass is 16.5. The van der Waals surface area contributed by atoms with Crippen LogP contribution in [0, 0.1) is 0 Å². The number of hydrogen-bond donors (Lipinski definition) is 0. The van der Waals surface area contributed by atoms with Crippen molar-refractivity contribution in [2.24, 2.45) is 0 Å². The minimum atomic E-state index is -0.0662. The zero-order chi connectivity index (χ0) is 20.1. The van der Waals surface area contributed by atoms with Crippen molar-refractivity contribution in [3.05, 3.63) is 89.2 Å². The third kappa shape index (κ3) is 3.01. The Hall–Kier alpha value is -3.37. The minimum absolute atomic E-state index is 0.0662. The highest BCUT2D eigenvalue weighted by molar-refractivity contribution is 6.15. The molecule has 4 heteroatoms. The summed E-state index contributed by atoms with van der Waals surface area (Å²) in [5, 5.41) is 0. The van der Waals surface area contributed by atoms with Crippen LogP contribution in [0.25, 0.3) is 17.2 Å². The van der Waals surface area contributed by atoms with Crippen molar-refractivity contribution in [3.63, 3.8) is 0 Å². The van der Waals surface area contributed by atoms with Crippen LogP contribution >= 0.6 is 0 Å². The van der Waals surface area contributed by atoms with E-state index in [0.29, 0.717) is 29.8 Å². The van der Waals surface area contributed by atoms with Crippen LogP contribution in [0.2, 0.25) is 0 Å². The van der Waals surface area contributed by atoms with E-state index in [1.165, 1.54) is 18.4 Å². The standard InChI is InChI=1S/C26H21NO3/c28-25-21-12-13-23-22(15-27(16-29-23)20-10-11-20)26(21)30-24(25)14-17-6-8-19(9-7-17)18-4-2-1-3-5-18/h1-9,12-14,20H,10-11,15-16H2/b24-14-. The molecule has 0 atom stereocenters. The molecular weight excluding hydrogens is 374 g/mol. The first-order valence-corrected chi connectivity index (χ1v) is 10.4. The first-order valence-electron chi connectivity index (χ1n) is 10.4. The lowest BCUT2D eigenvalue weighted by atomic mass is 10.0. The molecule has 1 fully saturated rings. The minimum Gasteiger partial charge on any atom is -0.478 e. The van der Waals surface area contributed by atoms with Gasteiger partial charge in [0.25, 0.3) is 0 Å². The van der Waals surface area contributed by atoms with Crippen molar-refractivity contribution in [3.8, 4) is 22.6 Å². The van der Waals surface area contributed by atoms with Gasteiger partial charge in [0.2, 0.25) is 5.78 Å². The summed E-state index contributed by atoms with van der Waals surface area (Å²) >= 11 is 0. The third-order valence-corrected chi connectivity index (χ3v) is 6.02. The molecule has 2 heterocycles. The van der Waals surface area contributed by atoms with E-state index in [9.17, 15) is 4.79 Å². The van der Waals surface area contributed by atoms with Gasteiger partial charge in [-0.3, -0.25) is 9.69 Å². The molecule has 148 valence electrons. The molecule has 3 aromatic carbocycles. The Labute approximate surface area is 175 Å². The molecule has 0 spiro atoms. The molecule has 3 aliphatic rings. The van der Waals surface area contributed by atoms with E-state index in [4.69, 9.17) is 9.47 Å². The lowest BCUT2D eigenvalue weighted by Gasteiger charge is -2.29. The molecule has 6 rings (SSSR count). The molecule has 0 amide bonds. The molecule has 1 aliphatic carbocycles. The van der Waals surface area contributed by atoms with Crippen LogP contribution in [-0.2, 0) is 6.54 Å². The summed E-state index contributed by atoms with van der Waals surface area (Å²) in [5.41, 5.74) is 4.87. The predicted molar refractivity (Wildman–Crippen MR) is 115 cm³/mol. The SMILES string of the molecule is O=C1/C(=C/c2ccc(-c3ccccc3)cc2)Oc2c1ccc1c2CN(C2CC2)CO1. The maximum atomic E-state index is 13.0. The Morgan fingerprint density at radius 3 is 2.43 bits per heavy atom. The normalized spacial score (nSPS) is 19.2. The van der Waals surface area contributed by atoms with Gasteiger partial charge in [-0.1, -0.05) is 54.6 Å². The van der Waals surface area contributed by atoms with Gasteiger partial charge in [-0.15, -0.1) is 0 Å². The van der Waals surface area contributed by atoms with Crippen LogP contribution in [0.5, 0.6) is 11.5 Å². The van der Waals surface area contributed by atoms with Crippen molar-refractivity contribution < 1.29 is 14.3 Å². The number of hydrogen-bond acceptors (Lipinski definition) is 4. The van der Waals surface area contributed by atoms with Gasteiger partial charge in [0.15, 0.2) is 5.76 Å². The third-order valence-electron chi connectivity index (χ3n) is 6.02. The summed E-state index contributed by atoms with van der Waals surface area (Å²) < 4.78 is 12.0. The van der Waals surface area contributed by atoms with E-state index >= 15 is 0 Å². The number of carbonyl (C=O) groups excluding carboxylic acids is 1. The Morgan fingerprint density at radius 2 is 1.67 bits per heavy atom. The van der Waals surface area contributed by atoms with Gasteiger partial charge in [-0.05, 0) is 47.7 Å². The van der Waals surface area contributed by atoms with Gasteiger partial charge in [-0.2, -0.15) is 0 Å². The molecule has 0 saturated heterocycles. The Morgan fingerprint density at radius 1 is 0.900 bits per heavy atom. The molecule has 30 heavy (non-hydrogen) atoms. The quantitative estimate of drug-likeness (QED) is 0.565. The molecule has 0 N–H and O–H groups in total. The molecule has 2 aliphatic heterocycles. The monoisotopic (exact) mass is 395 g/mol. The number of carbonyl (C=O) groups is 1. The summed E-state index contributed by atoms with van der Waals surface area (Å²) in [6.07, 6.45) is 4.26. The van der Waals surface area contributed by atoms with Crippen LogP contribution in [0.3, 0.4) is 0 Å². The summed E-state index contributed by atoms with van der Waals surface area (Å²) in [4.78, 5) is 15.3. The fourth-order valence-electron chi connectivity index (χ4n) is 4.20. The average Bonchev–Trinajstić information content (AvgIpc) is 3.60. The number of ether oxygens (including phenoxy) is 2. The van der Waals surface area contributed by atoms with Crippen molar-refractivity contribution in [1.29, 1.82) is 0 Å². The van der Waals surface area contributed by atoms with Crippen LogP contribution in [0.1, 0.15) is 34.3 Å². The molecule has 0 aromatic heterocycles. The largest absolute Gasteiger partial charge is 0.478 e. The van der Waals surface area contributed by atoms with Crippen LogP contribution in [0.15, 0.2) is 72.5 Å². The zero-order valence-corrected chi connectivity index (χ0v) is 16.5.